The monoisotopic (exact) mass is 447 g/mol. The first-order chi connectivity index (χ1) is 16.0. The van der Waals surface area contributed by atoms with Gasteiger partial charge in [-0.2, -0.15) is 10.1 Å². The van der Waals surface area contributed by atoms with Gasteiger partial charge in [-0.15, -0.1) is 0 Å². The maximum Gasteiger partial charge on any atom is 0.255 e. The largest absolute Gasteiger partial charge is 0.370 e. The molecule has 2 atom stereocenters. The highest BCUT2D eigenvalue weighted by molar-refractivity contribution is 5.95. The molecule has 5 rings (SSSR count). The van der Waals surface area contributed by atoms with Crippen LogP contribution >= 0.6 is 0 Å². The van der Waals surface area contributed by atoms with Crippen LogP contribution in [0.4, 0.5) is 11.8 Å². The Morgan fingerprint density at radius 2 is 2.12 bits per heavy atom. The lowest BCUT2D eigenvalue weighted by Crippen LogP contribution is -2.28. The SMILES string of the molecule is CCNc1ccnc(NC(=O)[C@@H]2CC[C@H](n3cc(-c4ccn(C)n4)c4c(C)ncnc43)O2)n1. The molecule has 1 aliphatic heterocycles. The lowest BCUT2D eigenvalue weighted by Gasteiger charge is -2.15. The highest BCUT2D eigenvalue weighted by Crippen LogP contribution is 2.36. The molecule has 2 N–H and O–H groups in total. The van der Waals surface area contributed by atoms with Crippen molar-refractivity contribution < 1.29 is 9.53 Å². The average Bonchev–Trinajstić information content (AvgIpc) is 3.52. The number of carbonyl (C=O) groups is 1. The number of amides is 1. The number of fused-ring (bicyclic) bond motifs is 1. The standard InChI is InChI=1S/C22H25N9O2/c1-4-23-17-7-9-24-22(27-17)28-21(32)16-5-6-18(33-16)31-11-14(15-8-10-30(3)29-15)19-13(2)25-12-26-20(19)31/h7-12,16,18H,4-6H2,1-3H3,(H2,23,24,27,28,32)/t16-,18+/m0/s1. The number of hydrogen-bond donors (Lipinski definition) is 2. The third kappa shape index (κ3) is 4.02. The molecule has 0 bridgehead atoms. The normalized spacial score (nSPS) is 18.0. The summed E-state index contributed by atoms with van der Waals surface area (Å²) in [5, 5.41) is 11.3. The quantitative estimate of drug-likeness (QED) is 0.462. The molecule has 11 heteroatoms. The summed E-state index contributed by atoms with van der Waals surface area (Å²) in [6, 6.07) is 3.71. The van der Waals surface area contributed by atoms with Crippen molar-refractivity contribution in [2.75, 3.05) is 17.2 Å². The molecule has 0 aromatic carbocycles. The van der Waals surface area contributed by atoms with Gasteiger partial charge in [-0.1, -0.05) is 0 Å². The Kier molecular flexibility index (Phi) is 5.47. The van der Waals surface area contributed by atoms with Crippen molar-refractivity contribution in [1.82, 2.24) is 34.3 Å². The number of hydrogen-bond acceptors (Lipinski definition) is 8. The summed E-state index contributed by atoms with van der Waals surface area (Å²) in [6.07, 6.45) is 7.34. The number of anilines is 2. The molecule has 1 amide bonds. The van der Waals surface area contributed by atoms with Crippen LogP contribution in [-0.4, -0.2) is 52.8 Å². The number of ether oxygens (including phenoxy) is 1. The van der Waals surface area contributed by atoms with Gasteiger partial charge in [-0.25, -0.2) is 15.0 Å². The van der Waals surface area contributed by atoms with Gasteiger partial charge in [0.1, 0.15) is 30.1 Å². The summed E-state index contributed by atoms with van der Waals surface area (Å²) in [7, 11) is 1.88. The van der Waals surface area contributed by atoms with Gasteiger partial charge in [0.25, 0.3) is 5.91 Å². The molecule has 4 aromatic rings. The van der Waals surface area contributed by atoms with Gasteiger partial charge in [0, 0.05) is 43.1 Å². The van der Waals surface area contributed by atoms with Crippen molar-refractivity contribution in [2.45, 2.75) is 39.0 Å². The Bertz CT molecular complexity index is 1310. The van der Waals surface area contributed by atoms with E-state index >= 15 is 0 Å². The first-order valence-electron chi connectivity index (χ1n) is 10.9. The third-order valence-electron chi connectivity index (χ3n) is 5.64. The summed E-state index contributed by atoms with van der Waals surface area (Å²) in [6.45, 7) is 4.66. The van der Waals surface area contributed by atoms with Crippen LogP contribution < -0.4 is 10.6 Å². The molecule has 11 nitrogen and oxygen atoms in total. The van der Waals surface area contributed by atoms with E-state index in [4.69, 9.17) is 4.74 Å². The minimum Gasteiger partial charge on any atom is -0.370 e. The summed E-state index contributed by atoms with van der Waals surface area (Å²) in [5.74, 6) is 0.639. The van der Waals surface area contributed by atoms with Crippen LogP contribution in [0.25, 0.3) is 22.3 Å². The minimum absolute atomic E-state index is 0.248. The number of aromatic nitrogens is 7. The number of nitrogens with zero attached hydrogens (tertiary/aromatic N) is 7. The molecule has 0 radical (unpaired) electrons. The summed E-state index contributed by atoms with van der Waals surface area (Å²) in [4.78, 5) is 30.1. The molecule has 5 heterocycles. The van der Waals surface area contributed by atoms with Crippen molar-refractivity contribution in [1.29, 1.82) is 0 Å². The van der Waals surface area contributed by atoms with Crippen molar-refractivity contribution in [3.63, 3.8) is 0 Å². The Balaban J connectivity index is 1.38. The van der Waals surface area contributed by atoms with E-state index in [0.717, 1.165) is 34.5 Å². The zero-order valence-corrected chi connectivity index (χ0v) is 18.7. The van der Waals surface area contributed by atoms with Crippen molar-refractivity contribution in [3.05, 3.63) is 42.7 Å². The number of rotatable bonds is 6. The fourth-order valence-electron chi connectivity index (χ4n) is 4.12. The van der Waals surface area contributed by atoms with Crippen LogP contribution in [-0.2, 0) is 16.6 Å². The molecule has 0 saturated carbocycles. The van der Waals surface area contributed by atoms with Crippen molar-refractivity contribution in [3.8, 4) is 11.3 Å². The van der Waals surface area contributed by atoms with Gasteiger partial charge in [0.2, 0.25) is 5.95 Å². The topological polar surface area (TPSA) is 125 Å². The molecular formula is C22H25N9O2. The fourth-order valence-corrected chi connectivity index (χ4v) is 4.12. The maximum absolute atomic E-state index is 12.8. The van der Waals surface area contributed by atoms with Gasteiger partial charge >= 0.3 is 0 Å². The van der Waals surface area contributed by atoms with E-state index in [2.05, 4.69) is 35.7 Å². The summed E-state index contributed by atoms with van der Waals surface area (Å²) >= 11 is 0. The number of carbonyl (C=O) groups excluding carboxylic acids is 1. The van der Waals surface area contributed by atoms with Gasteiger partial charge in [-0.3, -0.25) is 14.8 Å². The van der Waals surface area contributed by atoms with E-state index in [0.29, 0.717) is 18.7 Å². The molecule has 33 heavy (non-hydrogen) atoms. The molecule has 0 spiro atoms. The van der Waals surface area contributed by atoms with Crippen LogP contribution in [0.5, 0.6) is 0 Å². The lowest BCUT2D eigenvalue weighted by atomic mass is 10.1. The van der Waals surface area contributed by atoms with Gasteiger partial charge in [0.05, 0.1) is 11.4 Å². The zero-order chi connectivity index (χ0) is 22.9. The van der Waals surface area contributed by atoms with E-state index in [1.54, 1.807) is 23.3 Å². The zero-order valence-electron chi connectivity index (χ0n) is 18.7. The molecule has 170 valence electrons. The fraction of sp³-hybridized carbons (Fsp3) is 0.364. The maximum atomic E-state index is 12.8. The van der Waals surface area contributed by atoms with Crippen LogP contribution in [0.3, 0.4) is 0 Å². The van der Waals surface area contributed by atoms with E-state index in [1.165, 1.54) is 0 Å². The molecule has 4 aromatic heterocycles. The molecular weight excluding hydrogens is 422 g/mol. The minimum atomic E-state index is -0.611. The highest BCUT2D eigenvalue weighted by atomic mass is 16.5. The third-order valence-corrected chi connectivity index (χ3v) is 5.64. The second kappa shape index (κ2) is 8.58. The number of aryl methyl sites for hydroxylation is 2. The summed E-state index contributed by atoms with van der Waals surface area (Å²) in [5.41, 5.74) is 3.40. The van der Waals surface area contributed by atoms with Crippen LogP contribution in [0, 0.1) is 6.92 Å². The van der Waals surface area contributed by atoms with E-state index in [1.807, 2.05) is 43.9 Å². The predicted molar refractivity (Wildman–Crippen MR) is 122 cm³/mol. The van der Waals surface area contributed by atoms with Crippen LogP contribution in [0.15, 0.2) is 37.1 Å². The van der Waals surface area contributed by atoms with E-state index < -0.39 is 6.10 Å². The van der Waals surface area contributed by atoms with E-state index in [9.17, 15) is 4.79 Å². The predicted octanol–water partition coefficient (Wildman–Crippen LogP) is 2.68. The van der Waals surface area contributed by atoms with Gasteiger partial charge < -0.3 is 14.6 Å². The second-order valence-electron chi connectivity index (χ2n) is 7.92. The van der Waals surface area contributed by atoms with Gasteiger partial charge in [0.15, 0.2) is 0 Å². The Labute approximate surface area is 190 Å². The Morgan fingerprint density at radius 3 is 2.91 bits per heavy atom. The highest BCUT2D eigenvalue weighted by Gasteiger charge is 2.33. The van der Waals surface area contributed by atoms with Gasteiger partial charge in [-0.05, 0) is 38.8 Å². The molecule has 1 aliphatic rings. The molecule has 1 fully saturated rings. The first kappa shape index (κ1) is 21.0. The molecule has 0 aliphatic carbocycles. The Hall–Kier alpha value is -3.86. The molecule has 1 saturated heterocycles. The van der Waals surface area contributed by atoms with E-state index in [-0.39, 0.29) is 18.1 Å². The summed E-state index contributed by atoms with van der Waals surface area (Å²) < 4.78 is 9.89. The second-order valence-corrected chi connectivity index (χ2v) is 7.92. The smallest absolute Gasteiger partial charge is 0.255 e. The van der Waals surface area contributed by atoms with Crippen molar-refractivity contribution >= 4 is 28.7 Å². The average molecular weight is 448 g/mol. The van der Waals surface area contributed by atoms with Crippen LogP contribution in [0.1, 0.15) is 31.7 Å². The Morgan fingerprint density at radius 1 is 1.24 bits per heavy atom. The van der Waals surface area contributed by atoms with Crippen molar-refractivity contribution in [2.24, 2.45) is 7.05 Å². The number of nitrogens with one attached hydrogen (secondary N) is 2. The lowest BCUT2D eigenvalue weighted by molar-refractivity contribution is -0.128. The first-order valence-corrected chi connectivity index (χ1v) is 10.9. The van der Waals surface area contributed by atoms with Crippen LogP contribution in [0.2, 0.25) is 0 Å². The molecule has 0 unspecified atom stereocenters.